The maximum atomic E-state index is 8.79. The summed E-state index contributed by atoms with van der Waals surface area (Å²) in [5.74, 6) is 0. The first-order valence-corrected chi connectivity index (χ1v) is 4.88. The second-order valence-corrected chi connectivity index (χ2v) is 3.33. The molecule has 1 radical (unpaired) electrons. The van der Waals surface area contributed by atoms with Gasteiger partial charge in [0.25, 0.3) is 0 Å². The minimum absolute atomic E-state index is 0.415. The zero-order valence-electron chi connectivity index (χ0n) is 7.73. The molecule has 0 aliphatic carbocycles. The van der Waals surface area contributed by atoms with Gasteiger partial charge < -0.3 is 4.90 Å². The van der Waals surface area contributed by atoms with Gasteiger partial charge in [-0.25, -0.2) is 4.98 Å². The Balaban J connectivity index is 2.92. The molecule has 0 aliphatic rings. The van der Waals surface area contributed by atoms with Crippen LogP contribution in [-0.2, 0) is 0 Å². The summed E-state index contributed by atoms with van der Waals surface area (Å²) in [7, 11) is 0. The van der Waals surface area contributed by atoms with Crippen molar-refractivity contribution in [2.24, 2.45) is 0 Å². The van der Waals surface area contributed by atoms with Crippen molar-refractivity contribution < 1.29 is 0 Å². The van der Waals surface area contributed by atoms with E-state index in [1.165, 1.54) is 11.3 Å². The predicted molar refractivity (Wildman–Crippen MR) is 58.3 cm³/mol. The Morgan fingerprint density at radius 2 is 2.14 bits per heavy atom. The van der Waals surface area contributed by atoms with Crippen molar-refractivity contribution in [1.29, 1.82) is 5.26 Å². The summed E-state index contributed by atoms with van der Waals surface area (Å²) >= 11 is 1.33. The lowest BCUT2D eigenvalue weighted by atomic mass is 10.4. The fraction of sp³-hybridized carbons (Fsp3) is 0.200. The van der Waals surface area contributed by atoms with E-state index in [0.717, 1.165) is 5.00 Å². The van der Waals surface area contributed by atoms with Crippen molar-refractivity contribution in [3.8, 4) is 6.07 Å². The van der Waals surface area contributed by atoms with E-state index >= 15 is 0 Å². The Hall–Kier alpha value is -1.60. The first-order valence-electron chi connectivity index (χ1n) is 4.07. The van der Waals surface area contributed by atoms with E-state index in [0.29, 0.717) is 18.8 Å². The molecule has 0 saturated carbocycles. The summed E-state index contributed by atoms with van der Waals surface area (Å²) in [4.78, 5) is 5.82. The van der Waals surface area contributed by atoms with Crippen LogP contribution in [0.1, 0.15) is 5.69 Å². The average molecular weight is 204 g/mol. The molecule has 1 aromatic rings. The van der Waals surface area contributed by atoms with Crippen molar-refractivity contribution >= 4 is 16.3 Å². The standard InChI is InChI=1S/C10H10N3S/c1-3-5-13(6-4-2)10-9(7-11)12-8-14-10/h3-4H,1-2,5-6H2. The van der Waals surface area contributed by atoms with E-state index in [4.69, 9.17) is 5.26 Å². The summed E-state index contributed by atoms with van der Waals surface area (Å²) in [6, 6.07) is 2.03. The molecule has 71 valence electrons. The summed E-state index contributed by atoms with van der Waals surface area (Å²) in [5, 5.41) is 9.61. The summed E-state index contributed by atoms with van der Waals surface area (Å²) in [6.07, 6.45) is 3.56. The normalized spacial score (nSPS) is 9.07. The van der Waals surface area contributed by atoms with Gasteiger partial charge in [-0.3, -0.25) is 0 Å². The molecule has 3 nitrogen and oxygen atoms in total. The van der Waals surface area contributed by atoms with E-state index in [-0.39, 0.29) is 0 Å². The number of thiazole rings is 1. The van der Waals surface area contributed by atoms with Gasteiger partial charge in [0, 0.05) is 13.1 Å². The lowest BCUT2D eigenvalue weighted by molar-refractivity contribution is 0.964. The number of nitrogens with zero attached hydrogens (tertiary/aromatic N) is 3. The van der Waals surface area contributed by atoms with Crippen LogP contribution in [-0.4, -0.2) is 18.1 Å². The van der Waals surface area contributed by atoms with Gasteiger partial charge in [-0.15, -0.1) is 13.2 Å². The fourth-order valence-electron chi connectivity index (χ4n) is 1.05. The Labute approximate surface area is 87.6 Å². The van der Waals surface area contributed by atoms with Crippen molar-refractivity contribution in [1.82, 2.24) is 4.98 Å². The van der Waals surface area contributed by atoms with Crippen molar-refractivity contribution in [2.75, 3.05) is 18.0 Å². The molecule has 0 atom stereocenters. The third-order valence-corrected chi connectivity index (χ3v) is 2.42. The highest BCUT2D eigenvalue weighted by atomic mass is 32.1. The molecular weight excluding hydrogens is 194 g/mol. The first-order chi connectivity index (χ1) is 6.83. The van der Waals surface area contributed by atoms with Crippen molar-refractivity contribution in [2.45, 2.75) is 0 Å². The number of aromatic nitrogens is 1. The molecule has 4 heteroatoms. The molecule has 1 aromatic heterocycles. The second-order valence-electron chi connectivity index (χ2n) is 2.55. The minimum atomic E-state index is 0.415. The van der Waals surface area contributed by atoms with E-state index in [2.05, 4.69) is 23.7 Å². The molecule has 1 heterocycles. The number of rotatable bonds is 5. The fourth-order valence-corrected chi connectivity index (χ4v) is 1.74. The van der Waals surface area contributed by atoms with Crippen LogP contribution < -0.4 is 4.90 Å². The van der Waals surface area contributed by atoms with Crippen LogP contribution in [0.15, 0.2) is 25.3 Å². The second kappa shape index (κ2) is 5.20. The van der Waals surface area contributed by atoms with E-state index < -0.39 is 0 Å². The quantitative estimate of drug-likeness (QED) is 0.689. The maximum absolute atomic E-state index is 8.79. The molecule has 14 heavy (non-hydrogen) atoms. The largest absolute Gasteiger partial charge is 0.354 e. The van der Waals surface area contributed by atoms with Gasteiger partial charge in [0.05, 0.1) is 0 Å². The molecule has 0 N–H and O–H groups in total. The lowest BCUT2D eigenvalue weighted by Gasteiger charge is -2.18. The van der Waals surface area contributed by atoms with Gasteiger partial charge in [-0.05, 0) is 0 Å². The van der Waals surface area contributed by atoms with Crippen LogP contribution in [0.5, 0.6) is 0 Å². The highest BCUT2D eigenvalue weighted by Crippen LogP contribution is 2.23. The molecule has 0 bridgehead atoms. The molecule has 0 unspecified atom stereocenters. The zero-order chi connectivity index (χ0) is 10.4. The Bertz CT molecular complexity index is 352. The van der Waals surface area contributed by atoms with E-state index in [1.54, 1.807) is 12.2 Å². The monoisotopic (exact) mass is 204 g/mol. The molecule has 1 rings (SSSR count). The Kier molecular flexibility index (Phi) is 3.89. The third-order valence-electron chi connectivity index (χ3n) is 1.59. The average Bonchev–Trinajstić information content (AvgIpc) is 2.65. The van der Waals surface area contributed by atoms with E-state index in [1.807, 2.05) is 11.0 Å². The summed E-state index contributed by atoms with van der Waals surface area (Å²) in [6.45, 7) is 8.68. The van der Waals surface area contributed by atoms with Crippen LogP contribution in [0.3, 0.4) is 0 Å². The smallest absolute Gasteiger partial charge is 0.175 e. The topological polar surface area (TPSA) is 39.9 Å². The summed E-state index contributed by atoms with van der Waals surface area (Å²) < 4.78 is 0. The Morgan fingerprint density at radius 3 is 2.64 bits per heavy atom. The summed E-state index contributed by atoms with van der Waals surface area (Å²) in [5.41, 5.74) is 3.12. The van der Waals surface area contributed by atoms with Crippen LogP contribution in [0.2, 0.25) is 0 Å². The van der Waals surface area contributed by atoms with Gasteiger partial charge in [-0.1, -0.05) is 23.5 Å². The maximum Gasteiger partial charge on any atom is 0.175 e. The molecule has 0 aliphatic heterocycles. The van der Waals surface area contributed by atoms with Crippen LogP contribution in [0.25, 0.3) is 0 Å². The number of anilines is 1. The molecule has 0 saturated heterocycles. The van der Waals surface area contributed by atoms with E-state index in [9.17, 15) is 0 Å². The number of hydrogen-bond acceptors (Lipinski definition) is 4. The molecule has 0 spiro atoms. The van der Waals surface area contributed by atoms with Gasteiger partial charge in [0.2, 0.25) is 0 Å². The van der Waals surface area contributed by atoms with Gasteiger partial charge in [0.1, 0.15) is 11.1 Å². The first kappa shape index (κ1) is 10.5. The lowest BCUT2D eigenvalue weighted by Crippen LogP contribution is -2.22. The molecule has 0 aromatic carbocycles. The van der Waals surface area contributed by atoms with Crippen LogP contribution in [0.4, 0.5) is 5.00 Å². The van der Waals surface area contributed by atoms with Crippen molar-refractivity contribution in [3.63, 3.8) is 0 Å². The molecular formula is C10H10N3S. The van der Waals surface area contributed by atoms with Crippen molar-refractivity contribution in [3.05, 3.63) is 36.5 Å². The highest BCUT2D eigenvalue weighted by molar-refractivity contribution is 7.13. The molecule has 0 amide bonds. The SMILES string of the molecule is C=CCN(CC=C)c1s[c]nc1C#N. The van der Waals surface area contributed by atoms with Gasteiger partial charge in [-0.2, -0.15) is 5.26 Å². The zero-order valence-corrected chi connectivity index (χ0v) is 8.55. The third kappa shape index (κ3) is 2.21. The highest BCUT2D eigenvalue weighted by Gasteiger charge is 2.11. The van der Waals surface area contributed by atoms with Crippen LogP contribution >= 0.6 is 11.3 Å². The van der Waals surface area contributed by atoms with Gasteiger partial charge in [0.15, 0.2) is 11.2 Å². The predicted octanol–water partition coefficient (Wildman–Crippen LogP) is 1.99. The van der Waals surface area contributed by atoms with Gasteiger partial charge >= 0.3 is 0 Å². The Morgan fingerprint density at radius 1 is 1.50 bits per heavy atom. The van der Waals surface area contributed by atoms with Crippen LogP contribution in [0, 0.1) is 16.8 Å². The number of nitriles is 1. The minimum Gasteiger partial charge on any atom is -0.354 e. The number of hydrogen-bond donors (Lipinski definition) is 0. The molecule has 0 fully saturated rings.